The third kappa shape index (κ3) is 10.9. The normalized spacial score (nSPS) is 15.6. The van der Waals surface area contributed by atoms with E-state index in [-0.39, 0.29) is 0 Å². The van der Waals surface area contributed by atoms with Crippen molar-refractivity contribution in [1.82, 2.24) is 26.2 Å². The molecule has 13 heteroatoms. The Balaban J connectivity index is 3.19. The third-order valence-electron chi connectivity index (χ3n) is 7.35. The first-order valence-electron chi connectivity index (χ1n) is 14.7. The molecule has 0 aliphatic carbocycles. The van der Waals surface area contributed by atoms with Crippen molar-refractivity contribution in [3.05, 3.63) is 35.9 Å². The van der Waals surface area contributed by atoms with Gasteiger partial charge in [0.25, 0.3) is 11.7 Å². The van der Waals surface area contributed by atoms with E-state index in [1.165, 1.54) is 25.9 Å². The van der Waals surface area contributed by atoms with E-state index in [9.17, 15) is 34.2 Å². The average Bonchev–Trinajstić information content (AvgIpc) is 2.92. The van der Waals surface area contributed by atoms with E-state index in [2.05, 4.69) is 21.3 Å². The standard InChI is InChI=1S/C31H52N6O7/c1-11-20(19-15-13-12-14-16-19)35-28(42)31(43,44)18(2)33-25(39)21(17-22(38)37(9)10)34-27(41)24(30(6,7)8)36-26(40)23(32)29(3,4)5/h12-16,18,20-21,23-24,43-44H,11,17,32H2,1-10H3,(H,33,39)(H,34,41)(H,35,42)(H,36,40)/t18-,20+,21-,23+,24+/m0/s1. The first-order valence-corrected chi connectivity index (χ1v) is 14.7. The molecule has 0 unspecified atom stereocenters. The molecule has 0 heterocycles. The van der Waals surface area contributed by atoms with Crippen LogP contribution in [0.2, 0.25) is 0 Å². The van der Waals surface area contributed by atoms with Crippen LogP contribution < -0.4 is 27.0 Å². The van der Waals surface area contributed by atoms with Gasteiger partial charge in [-0.3, -0.25) is 24.0 Å². The van der Waals surface area contributed by atoms with Crippen LogP contribution in [0.5, 0.6) is 0 Å². The van der Waals surface area contributed by atoms with Gasteiger partial charge in [0.1, 0.15) is 12.1 Å². The zero-order valence-electron chi connectivity index (χ0n) is 27.6. The van der Waals surface area contributed by atoms with Crippen LogP contribution in [0.25, 0.3) is 0 Å². The molecule has 0 aromatic heterocycles. The Morgan fingerprint density at radius 3 is 1.82 bits per heavy atom. The van der Waals surface area contributed by atoms with Crippen LogP contribution in [0.4, 0.5) is 0 Å². The number of amides is 5. The lowest BCUT2D eigenvalue weighted by molar-refractivity contribution is -0.195. The number of nitrogens with one attached hydrogen (secondary N) is 4. The molecule has 248 valence electrons. The highest BCUT2D eigenvalue weighted by molar-refractivity contribution is 5.96. The second-order valence-corrected chi connectivity index (χ2v) is 13.5. The topological polar surface area (TPSA) is 203 Å². The average molecular weight is 621 g/mol. The molecule has 44 heavy (non-hydrogen) atoms. The third-order valence-corrected chi connectivity index (χ3v) is 7.35. The lowest BCUT2D eigenvalue weighted by Gasteiger charge is -2.35. The van der Waals surface area contributed by atoms with Gasteiger partial charge in [-0.1, -0.05) is 78.8 Å². The number of carbonyl (C=O) groups is 5. The fourth-order valence-electron chi connectivity index (χ4n) is 4.10. The minimum atomic E-state index is -3.04. The summed E-state index contributed by atoms with van der Waals surface area (Å²) in [4.78, 5) is 66.6. The van der Waals surface area contributed by atoms with Crippen molar-refractivity contribution in [2.45, 2.75) is 104 Å². The van der Waals surface area contributed by atoms with E-state index in [0.29, 0.717) is 6.42 Å². The van der Waals surface area contributed by atoms with Crippen LogP contribution in [-0.4, -0.2) is 88.7 Å². The Morgan fingerprint density at radius 2 is 1.36 bits per heavy atom. The number of aliphatic hydroxyl groups is 2. The first-order chi connectivity index (χ1) is 20.0. The summed E-state index contributed by atoms with van der Waals surface area (Å²) < 4.78 is 0. The first kappa shape index (κ1) is 38.5. The van der Waals surface area contributed by atoms with Gasteiger partial charge in [-0.05, 0) is 29.7 Å². The summed E-state index contributed by atoms with van der Waals surface area (Å²) in [6.07, 6.45) is -0.0228. The molecule has 1 rings (SSSR count). The second-order valence-electron chi connectivity index (χ2n) is 13.5. The number of benzene rings is 1. The summed E-state index contributed by atoms with van der Waals surface area (Å²) in [5.41, 5.74) is 5.43. The fourth-order valence-corrected chi connectivity index (χ4v) is 4.10. The van der Waals surface area contributed by atoms with Gasteiger partial charge in [0, 0.05) is 14.1 Å². The smallest absolute Gasteiger partial charge is 0.282 e. The highest BCUT2D eigenvalue weighted by atomic mass is 16.5. The summed E-state index contributed by atoms with van der Waals surface area (Å²) in [5, 5.41) is 31.6. The summed E-state index contributed by atoms with van der Waals surface area (Å²) in [7, 11) is 2.95. The van der Waals surface area contributed by atoms with Crippen molar-refractivity contribution in [2.75, 3.05) is 14.1 Å². The molecule has 5 atom stereocenters. The summed E-state index contributed by atoms with van der Waals surface area (Å²) >= 11 is 0. The molecule has 0 aliphatic rings. The van der Waals surface area contributed by atoms with Crippen LogP contribution in [0.3, 0.4) is 0 Å². The quantitative estimate of drug-likeness (QED) is 0.153. The highest BCUT2D eigenvalue weighted by Gasteiger charge is 2.43. The largest absolute Gasteiger partial charge is 0.357 e. The van der Waals surface area contributed by atoms with Crippen LogP contribution >= 0.6 is 0 Å². The van der Waals surface area contributed by atoms with Gasteiger partial charge in [0.15, 0.2) is 0 Å². The van der Waals surface area contributed by atoms with Crippen molar-refractivity contribution in [3.8, 4) is 0 Å². The molecule has 13 nitrogen and oxygen atoms in total. The van der Waals surface area contributed by atoms with Crippen molar-refractivity contribution in [2.24, 2.45) is 16.6 Å². The number of nitrogens with zero attached hydrogens (tertiary/aromatic N) is 1. The number of carbonyl (C=O) groups excluding carboxylic acids is 5. The van der Waals surface area contributed by atoms with Crippen molar-refractivity contribution >= 4 is 29.5 Å². The van der Waals surface area contributed by atoms with Crippen molar-refractivity contribution in [1.29, 1.82) is 0 Å². The number of nitrogens with two attached hydrogens (primary N) is 1. The molecule has 0 spiro atoms. The maximum Gasteiger partial charge on any atom is 0.282 e. The van der Waals surface area contributed by atoms with E-state index < -0.39 is 82.8 Å². The van der Waals surface area contributed by atoms with E-state index in [1.807, 2.05) is 13.0 Å². The molecule has 1 aromatic rings. The van der Waals surface area contributed by atoms with Gasteiger partial charge in [-0.25, -0.2) is 0 Å². The maximum atomic E-state index is 13.5. The van der Waals surface area contributed by atoms with Gasteiger partial charge in [-0.2, -0.15) is 0 Å². The monoisotopic (exact) mass is 620 g/mol. The molecule has 0 aliphatic heterocycles. The van der Waals surface area contributed by atoms with Crippen molar-refractivity contribution in [3.63, 3.8) is 0 Å². The molecule has 5 amide bonds. The Bertz CT molecular complexity index is 1160. The van der Waals surface area contributed by atoms with Gasteiger partial charge in [0.05, 0.1) is 24.5 Å². The summed E-state index contributed by atoms with van der Waals surface area (Å²) in [6, 6.07) is 3.33. The predicted molar refractivity (Wildman–Crippen MR) is 166 cm³/mol. The van der Waals surface area contributed by atoms with Gasteiger partial charge < -0.3 is 42.1 Å². The molecule has 0 bridgehead atoms. The van der Waals surface area contributed by atoms with Gasteiger partial charge in [0.2, 0.25) is 23.6 Å². The summed E-state index contributed by atoms with van der Waals surface area (Å²) in [6.45, 7) is 13.5. The molecule has 0 fully saturated rings. The molecule has 1 aromatic carbocycles. The zero-order valence-corrected chi connectivity index (χ0v) is 27.6. The Hall–Kier alpha value is -3.55. The zero-order chi connectivity index (χ0) is 34.2. The molecule has 8 N–H and O–H groups in total. The fraction of sp³-hybridized carbons (Fsp3) is 0.645. The summed E-state index contributed by atoms with van der Waals surface area (Å²) in [5.74, 6) is -6.95. The minimum Gasteiger partial charge on any atom is -0.357 e. The number of rotatable bonds is 13. The van der Waals surface area contributed by atoms with E-state index in [1.54, 1.807) is 65.8 Å². The SMILES string of the molecule is CC[C@@H](NC(=O)C(O)(O)[C@H](C)NC(=O)[C@H](CC(=O)N(C)C)NC(=O)[C@@H](NC(=O)[C@@H](N)C(C)(C)C)C(C)(C)C)c1ccccc1. The van der Waals surface area contributed by atoms with E-state index in [0.717, 1.165) is 5.56 Å². The van der Waals surface area contributed by atoms with E-state index >= 15 is 0 Å². The Labute approximate surface area is 260 Å². The molecule has 0 saturated carbocycles. The Morgan fingerprint density at radius 1 is 0.818 bits per heavy atom. The van der Waals surface area contributed by atoms with Crippen LogP contribution in [-0.2, 0) is 24.0 Å². The van der Waals surface area contributed by atoms with Gasteiger partial charge >= 0.3 is 0 Å². The van der Waals surface area contributed by atoms with Crippen LogP contribution in [0.1, 0.15) is 79.8 Å². The van der Waals surface area contributed by atoms with E-state index in [4.69, 9.17) is 5.73 Å². The van der Waals surface area contributed by atoms with Gasteiger partial charge in [-0.15, -0.1) is 0 Å². The van der Waals surface area contributed by atoms with Crippen LogP contribution in [0.15, 0.2) is 30.3 Å². The maximum absolute atomic E-state index is 13.5. The molecule has 0 radical (unpaired) electrons. The number of hydrogen-bond donors (Lipinski definition) is 7. The molecule has 0 saturated heterocycles. The Kier molecular flexibility index (Phi) is 13.5. The lowest BCUT2D eigenvalue weighted by atomic mass is 9.83. The molecular formula is C31H52N6O7. The lowest BCUT2D eigenvalue weighted by Crippen LogP contribution is -2.64. The van der Waals surface area contributed by atoms with Crippen LogP contribution in [0, 0.1) is 10.8 Å². The van der Waals surface area contributed by atoms with Crippen molar-refractivity contribution < 1.29 is 34.2 Å². The minimum absolute atomic E-state index is 0.458. The predicted octanol–water partition coefficient (Wildman–Crippen LogP) is 0.307. The molecular weight excluding hydrogens is 568 g/mol. The second kappa shape index (κ2) is 15.4. The highest BCUT2D eigenvalue weighted by Crippen LogP contribution is 2.23. The number of hydrogen-bond acceptors (Lipinski definition) is 8.